The second-order valence-corrected chi connectivity index (χ2v) is 14.7. The Labute approximate surface area is 319 Å². The lowest BCUT2D eigenvalue weighted by atomic mass is 9.70. The summed E-state index contributed by atoms with van der Waals surface area (Å²) in [4.78, 5) is 2.53. The van der Waals surface area contributed by atoms with Gasteiger partial charge < -0.3 is 9.32 Å². The molecular formula is C53H33NO. The van der Waals surface area contributed by atoms with Crippen molar-refractivity contribution in [3.63, 3.8) is 0 Å². The number of furan rings is 1. The van der Waals surface area contributed by atoms with Crippen LogP contribution >= 0.6 is 0 Å². The van der Waals surface area contributed by atoms with Crippen LogP contribution in [-0.2, 0) is 5.41 Å². The van der Waals surface area contributed by atoms with Crippen molar-refractivity contribution in [3.05, 3.63) is 222 Å². The highest BCUT2D eigenvalue weighted by Gasteiger charge is 2.52. The molecule has 1 aromatic heterocycles. The molecule has 0 atom stereocenters. The van der Waals surface area contributed by atoms with E-state index in [9.17, 15) is 0 Å². The number of rotatable bonds is 4. The van der Waals surface area contributed by atoms with E-state index in [4.69, 9.17) is 4.42 Å². The lowest BCUT2D eigenvalue weighted by Gasteiger charge is -2.33. The molecule has 0 saturated carbocycles. The topological polar surface area (TPSA) is 16.4 Å². The molecule has 55 heavy (non-hydrogen) atoms. The van der Waals surface area contributed by atoms with Gasteiger partial charge in [0.2, 0.25) is 0 Å². The van der Waals surface area contributed by atoms with E-state index >= 15 is 0 Å². The van der Waals surface area contributed by atoms with Gasteiger partial charge in [0.15, 0.2) is 0 Å². The van der Waals surface area contributed by atoms with Gasteiger partial charge in [-0.1, -0.05) is 170 Å². The maximum atomic E-state index is 6.44. The maximum absolute atomic E-state index is 6.44. The molecule has 10 aromatic rings. The summed E-state index contributed by atoms with van der Waals surface area (Å²) < 4.78 is 6.44. The first-order valence-electron chi connectivity index (χ1n) is 19.0. The molecule has 0 amide bonds. The molecule has 0 fully saturated rings. The molecule has 2 heteroatoms. The van der Waals surface area contributed by atoms with E-state index in [1.807, 2.05) is 6.07 Å². The third-order valence-electron chi connectivity index (χ3n) is 12.1. The van der Waals surface area contributed by atoms with Crippen LogP contribution in [0, 0.1) is 0 Å². The molecule has 9 aromatic carbocycles. The average Bonchev–Trinajstić information content (AvgIpc) is 3.89. The molecular weight excluding hydrogens is 667 g/mol. The summed E-state index contributed by atoms with van der Waals surface area (Å²) in [6, 6.07) is 73.3. The number of benzene rings is 9. The van der Waals surface area contributed by atoms with Crippen LogP contribution in [0.4, 0.5) is 17.1 Å². The van der Waals surface area contributed by atoms with Gasteiger partial charge in [0, 0.05) is 27.3 Å². The highest BCUT2D eigenvalue weighted by atomic mass is 16.3. The SMILES string of the molecule is c1ccc(N(c2cccc3c2-c2ccccc2C32c3ccccc3-c3ccccc32)c2cccc3ccccc23)c(-c2cccc3oc4ccccc4c23)c1. The van der Waals surface area contributed by atoms with Gasteiger partial charge in [-0.25, -0.2) is 0 Å². The predicted octanol–water partition coefficient (Wildman–Crippen LogP) is 14.2. The minimum Gasteiger partial charge on any atom is -0.456 e. The van der Waals surface area contributed by atoms with Crippen LogP contribution in [0.25, 0.3) is 66.1 Å². The molecule has 256 valence electrons. The van der Waals surface area contributed by atoms with Crippen molar-refractivity contribution in [2.75, 3.05) is 4.90 Å². The van der Waals surface area contributed by atoms with Crippen molar-refractivity contribution < 1.29 is 4.42 Å². The van der Waals surface area contributed by atoms with Gasteiger partial charge in [0.1, 0.15) is 11.2 Å². The molecule has 0 aliphatic heterocycles. The predicted molar refractivity (Wildman–Crippen MR) is 228 cm³/mol. The van der Waals surface area contributed by atoms with Gasteiger partial charge >= 0.3 is 0 Å². The van der Waals surface area contributed by atoms with E-state index in [0.717, 1.165) is 50.1 Å². The van der Waals surface area contributed by atoms with Gasteiger partial charge in [-0.05, 0) is 80.2 Å². The molecule has 12 rings (SSSR count). The van der Waals surface area contributed by atoms with Gasteiger partial charge in [-0.3, -0.25) is 0 Å². The highest BCUT2D eigenvalue weighted by Crippen LogP contribution is 2.65. The minimum absolute atomic E-state index is 0.444. The maximum Gasteiger partial charge on any atom is 0.136 e. The van der Waals surface area contributed by atoms with Crippen molar-refractivity contribution in [3.8, 4) is 33.4 Å². The molecule has 0 N–H and O–H groups in total. The zero-order chi connectivity index (χ0) is 36.1. The van der Waals surface area contributed by atoms with Crippen LogP contribution in [0.3, 0.4) is 0 Å². The normalized spacial score (nSPS) is 13.2. The minimum atomic E-state index is -0.444. The van der Waals surface area contributed by atoms with E-state index in [1.54, 1.807) is 0 Å². The first kappa shape index (κ1) is 30.3. The van der Waals surface area contributed by atoms with Crippen molar-refractivity contribution >= 4 is 49.8 Å². The van der Waals surface area contributed by atoms with E-state index in [2.05, 4.69) is 199 Å². The second-order valence-electron chi connectivity index (χ2n) is 14.7. The smallest absolute Gasteiger partial charge is 0.136 e. The number of fused-ring (bicyclic) bond motifs is 14. The summed E-state index contributed by atoms with van der Waals surface area (Å²) in [7, 11) is 0. The van der Waals surface area contributed by atoms with E-state index < -0.39 is 5.41 Å². The summed E-state index contributed by atoms with van der Waals surface area (Å²) in [6.07, 6.45) is 0. The third kappa shape index (κ3) is 4.03. The quantitative estimate of drug-likeness (QED) is 0.182. The largest absolute Gasteiger partial charge is 0.456 e. The Morgan fingerprint density at radius 2 is 0.818 bits per heavy atom. The standard InChI is InChI=1S/C53H33NO/c1-2-18-35-34(16-1)17-13-30-46(35)54(47-29-11-6-21-38(47)39-24-14-33-50-51(39)41-23-7-12-32-49(41)55-50)48-31-15-28-45-52(48)40-22-5-10-27-44(40)53(45)42-25-8-3-19-36(42)37-20-4-9-26-43(37)53/h1-33H. The number of hydrogen-bond donors (Lipinski definition) is 0. The first-order valence-corrected chi connectivity index (χ1v) is 19.0. The summed E-state index contributed by atoms with van der Waals surface area (Å²) in [5, 5.41) is 4.65. The Hall–Kier alpha value is -7.16. The van der Waals surface area contributed by atoms with Gasteiger partial charge in [-0.15, -0.1) is 0 Å². The van der Waals surface area contributed by atoms with Gasteiger partial charge in [0.05, 0.1) is 22.5 Å². The number of nitrogens with zero attached hydrogens (tertiary/aromatic N) is 1. The van der Waals surface area contributed by atoms with Crippen molar-refractivity contribution in [1.29, 1.82) is 0 Å². The van der Waals surface area contributed by atoms with Crippen LogP contribution in [-0.4, -0.2) is 0 Å². The molecule has 0 bridgehead atoms. The molecule has 0 unspecified atom stereocenters. The summed E-state index contributed by atoms with van der Waals surface area (Å²) in [5.74, 6) is 0. The third-order valence-corrected chi connectivity index (χ3v) is 12.1. The lowest BCUT2D eigenvalue weighted by Crippen LogP contribution is -2.26. The lowest BCUT2D eigenvalue weighted by molar-refractivity contribution is 0.669. The molecule has 2 aliphatic carbocycles. The molecule has 1 heterocycles. The fourth-order valence-corrected chi connectivity index (χ4v) is 10.00. The summed E-state index contributed by atoms with van der Waals surface area (Å²) in [5.41, 5.74) is 17.5. The molecule has 1 spiro atoms. The zero-order valence-electron chi connectivity index (χ0n) is 29.9. The molecule has 2 nitrogen and oxygen atoms in total. The Kier molecular flexibility index (Phi) is 6.29. The molecule has 0 saturated heterocycles. The Balaban J connectivity index is 1.21. The van der Waals surface area contributed by atoms with Crippen LogP contribution in [0.2, 0.25) is 0 Å². The summed E-state index contributed by atoms with van der Waals surface area (Å²) in [6.45, 7) is 0. The van der Waals surface area contributed by atoms with Gasteiger partial charge in [-0.2, -0.15) is 0 Å². The summed E-state index contributed by atoms with van der Waals surface area (Å²) >= 11 is 0. The fraction of sp³-hybridized carbons (Fsp3) is 0.0189. The van der Waals surface area contributed by atoms with Gasteiger partial charge in [0.25, 0.3) is 0 Å². The van der Waals surface area contributed by atoms with Crippen LogP contribution in [0.15, 0.2) is 205 Å². The van der Waals surface area contributed by atoms with Crippen molar-refractivity contribution in [2.24, 2.45) is 0 Å². The number of para-hydroxylation sites is 2. The monoisotopic (exact) mass is 699 g/mol. The van der Waals surface area contributed by atoms with E-state index in [-0.39, 0.29) is 0 Å². The first-order chi connectivity index (χ1) is 27.3. The second kappa shape index (κ2) is 11.4. The highest BCUT2D eigenvalue weighted by molar-refractivity contribution is 6.15. The average molecular weight is 700 g/mol. The van der Waals surface area contributed by atoms with Crippen molar-refractivity contribution in [2.45, 2.75) is 5.41 Å². The van der Waals surface area contributed by atoms with Crippen molar-refractivity contribution in [1.82, 2.24) is 0 Å². The zero-order valence-corrected chi connectivity index (χ0v) is 29.9. The number of anilines is 3. The number of hydrogen-bond acceptors (Lipinski definition) is 2. The molecule has 2 aliphatic rings. The van der Waals surface area contributed by atoms with Crippen LogP contribution in [0.5, 0.6) is 0 Å². The fourth-order valence-electron chi connectivity index (χ4n) is 10.00. The molecule has 0 radical (unpaired) electrons. The Morgan fingerprint density at radius 1 is 0.327 bits per heavy atom. The van der Waals surface area contributed by atoms with Crippen LogP contribution in [0.1, 0.15) is 22.3 Å². The van der Waals surface area contributed by atoms with E-state index in [1.165, 1.54) is 55.3 Å². The Morgan fingerprint density at radius 3 is 1.62 bits per heavy atom. The van der Waals surface area contributed by atoms with Crippen LogP contribution < -0.4 is 4.90 Å². The Bertz CT molecular complexity index is 3130. The van der Waals surface area contributed by atoms with E-state index in [0.29, 0.717) is 0 Å².